The molecule has 0 aromatic heterocycles. The van der Waals surface area contributed by atoms with E-state index in [1.807, 2.05) is 13.8 Å². The van der Waals surface area contributed by atoms with Crippen molar-refractivity contribution in [3.05, 3.63) is 0 Å². The van der Waals surface area contributed by atoms with E-state index < -0.39 is 5.41 Å². The van der Waals surface area contributed by atoms with Crippen LogP contribution in [0.3, 0.4) is 0 Å². The van der Waals surface area contributed by atoms with Crippen molar-refractivity contribution >= 4 is 0 Å². The van der Waals surface area contributed by atoms with Gasteiger partial charge in [-0.3, -0.25) is 0 Å². The number of nitrogens with zero attached hydrogens (tertiary/aromatic N) is 2. The average Bonchev–Trinajstić information content (AvgIpc) is 2.10. The highest BCUT2D eigenvalue weighted by molar-refractivity contribution is 5.21. The minimum Gasteiger partial charge on any atom is -0.197 e. The minimum atomic E-state index is -0.759. The van der Waals surface area contributed by atoms with Crippen molar-refractivity contribution in [2.24, 2.45) is 16.7 Å². The highest BCUT2D eigenvalue weighted by Crippen LogP contribution is 2.52. The monoisotopic (exact) mass is 176 g/mol. The summed E-state index contributed by atoms with van der Waals surface area (Å²) in [6, 6.07) is 4.45. The largest absolute Gasteiger partial charge is 0.197 e. The molecule has 1 aliphatic rings. The summed E-state index contributed by atoms with van der Waals surface area (Å²) in [5, 5.41) is 18.2. The van der Waals surface area contributed by atoms with E-state index in [0.29, 0.717) is 5.92 Å². The zero-order valence-electron chi connectivity index (χ0n) is 8.59. The molecule has 0 amide bonds. The predicted molar refractivity (Wildman–Crippen MR) is 50.5 cm³/mol. The van der Waals surface area contributed by atoms with Crippen LogP contribution in [-0.4, -0.2) is 0 Å². The summed E-state index contributed by atoms with van der Waals surface area (Å²) in [6.45, 7) is 6.23. The molecule has 0 spiro atoms. The van der Waals surface area contributed by atoms with Gasteiger partial charge in [0.1, 0.15) is 5.41 Å². The van der Waals surface area contributed by atoms with Crippen molar-refractivity contribution < 1.29 is 0 Å². The molecule has 1 rings (SSSR count). The van der Waals surface area contributed by atoms with E-state index >= 15 is 0 Å². The third-order valence-electron chi connectivity index (χ3n) is 3.90. The fourth-order valence-corrected chi connectivity index (χ4v) is 2.20. The standard InChI is InChI=1S/C11H16N2/c1-9-5-4-6-11(7-12,8-13)10(9,2)3/h9H,4-6H2,1-3H3. The van der Waals surface area contributed by atoms with Gasteiger partial charge < -0.3 is 0 Å². The van der Waals surface area contributed by atoms with Gasteiger partial charge >= 0.3 is 0 Å². The third-order valence-corrected chi connectivity index (χ3v) is 3.90. The zero-order valence-corrected chi connectivity index (χ0v) is 8.59. The molecule has 0 aromatic carbocycles. The molecule has 2 nitrogen and oxygen atoms in total. The Bertz CT molecular complexity index is 263. The van der Waals surface area contributed by atoms with Gasteiger partial charge in [-0.05, 0) is 17.8 Å². The molecule has 0 N–H and O–H groups in total. The van der Waals surface area contributed by atoms with Crippen molar-refractivity contribution in [3.63, 3.8) is 0 Å². The van der Waals surface area contributed by atoms with Crippen LogP contribution in [0.15, 0.2) is 0 Å². The van der Waals surface area contributed by atoms with Gasteiger partial charge in [-0.15, -0.1) is 0 Å². The summed E-state index contributed by atoms with van der Waals surface area (Å²) in [5.74, 6) is 0.459. The maximum atomic E-state index is 9.12. The topological polar surface area (TPSA) is 47.6 Å². The Hall–Kier alpha value is -1.02. The van der Waals surface area contributed by atoms with Gasteiger partial charge in [-0.1, -0.05) is 33.6 Å². The van der Waals surface area contributed by atoms with Crippen LogP contribution >= 0.6 is 0 Å². The van der Waals surface area contributed by atoms with Crippen molar-refractivity contribution in [3.8, 4) is 12.1 Å². The van der Waals surface area contributed by atoms with Crippen molar-refractivity contribution in [1.29, 1.82) is 10.5 Å². The summed E-state index contributed by atoms with van der Waals surface area (Å²) < 4.78 is 0. The van der Waals surface area contributed by atoms with E-state index in [9.17, 15) is 0 Å². The Balaban J connectivity index is 3.11. The molecule has 1 saturated carbocycles. The molecule has 1 unspecified atom stereocenters. The van der Waals surface area contributed by atoms with Crippen LogP contribution in [0.4, 0.5) is 0 Å². The smallest absolute Gasteiger partial charge is 0.149 e. The van der Waals surface area contributed by atoms with Gasteiger partial charge in [0.25, 0.3) is 0 Å². The van der Waals surface area contributed by atoms with Crippen molar-refractivity contribution in [1.82, 2.24) is 0 Å². The van der Waals surface area contributed by atoms with Crippen LogP contribution in [0.5, 0.6) is 0 Å². The first-order chi connectivity index (χ1) is 6.00. The minimum absolute atomic E-state index is 0.172. The lowest BCUT2D eigenvalue weighted by molar-refractivity contribution is 0.0568. The van der Waals surface area contributed by atoms with Crippen LogP contribution in [0.1, 0.15) is 40.0 Å². The Labute approximate surface area is 80.2 Å². The quantitative estimate of drug-likeness (QED) is 0.569. The Morgan fingerprint density at radius 2 is 1.77 bits per heavy atom. The van der Waals surface area contributed by atoms with E-state index in [1.165, 1.54) is 0 Å². The molecule has 70 valence electrons. The molecule has 0 heterocycles. The molecule has 13 heavy (non-hydrogen) atoms. The molecule has 0 aliphatic heterocycles. The number of hydrogen-bond donors (Lipinski definition) is 0. The van der Waals surface area contributed by atoms with Gasteiger partial charge in [0.15, 0.2) is 0 Å². The van der Waals surface area contributed by atoms with Crippen LogP contribution in [0.25, 0.3) is 0 Å². The molecule has 2 heteroatoms. The van der Waals surface area contributed by atoms with Gasteiger partial charge in [0.2, 0.25) is 0 Å². The highest BCUT2D eigenvalue weighted by Gasteiger charge is 2.51. The molecule has 0 saturated heterocycles. The molecule has 1 fully saturated rings. The lowest BCUT2D eigenvalue weighted by Gasteiger charge is -2.45. The number of rotatable bonds is 0. The second-order valence-electron chi connectivity index (χ2n) is 4.64. The van der Waals surface area contributed by atoms with E-state index in [1.54, 1.807) is 0 Å². The Kier molecular flexibility index (Phi) is 2.35. The fraction of sp³-hybridized carbons (Fsp3) is 0.818. The molecule has 1 atom stereocenters. The number of nitriles is 2. The van der Waals surface area contributed by atoms with E-state index in [-0.39, 0.29) is 5.41 Å². The van der Waals surface area contributed by atoms with Crippen LogP contribution in [0.2, 0.25) is 0 Å². The maximum Gasteiger partial charge on any atom is 0.149 e. The van der Waals surface area contributed by atoms with Crippen molar-refractivity contribution in [2.75, 3.05) is 0 Å². The summed E-state index contributed by atoms with van der Waals surface area (Å²) >= 11 is 0. The lowest BCUT2D eigenvalue weighted by atomic mass is 9.55. The summed E-state index contributed by atoms with van der Waals surface area (Å²) in [6.07, 6.45) is 2.88. The summed E-state index contributed by atoms with van der Waals surface area (Å²) in [4.78, 5) is 0. The van der Waals surface area contributed by atoms with Crippen LogP contribution in [0, 0.1) is 39.4 Å². The second kappa shape index (κ2) is 3.04. The Morgan fingerprint density at radius 3 is 2.15 bits per heavy atom. The van der Waals surface area contributed by atoms with Gasteiger partial charge in [0.05, 0.1) is 12.1 Å². The zero-order chi connectivity index (χ0) is 10.1. The summed E-state index contributed by atoms with van der Waals surface area (Å²) in [7, 11) is 0. The maximum absolute atomic E-state index is 9.12. The number of hydrogen-bond acceptors (Lipinski definition) is 2. The normalized spacial score (nSPS) is 30.1. The second-order valence-corrected chi connectivity index (χ2v) is 4.64. The first-order valence-corrected chi connectivity index (χ1v) is 4.83. The summed E-state index contributed by atoms with van der Waals surface area (Å²) in [5.41, 5.74) is -0.931. The van der Waals surface area contributed by atoms with Crippen LogP contribution in [-0.2, 0) is 0 Å². The van der Waals surface area contributed by atoms with E-state index in [4.69, 9.17) is 10.5 Å². The molecule has 0 aromatic rings. The van der Waals surface area contributed by atoms with Crippen LogP contribution < -0.4 is 0 Å². The SMILES string of the molecule is CC1CCCC(C#N)(C#N)C1(C)C. The molecule has 0 bridgehead atoms. The predicted octanol–water partition coefficient (Wildman–Crippen LogP) is 2.87. The van der Waals surface area contributed by atoms with Crippen molar-refractivity contribution in [2.45, 2.75) is 40.0 Å². The van der Waals surface area contributed by atoms with Gasteiger partial charge in [-0.25, -0.2) is 0 Å². The first kappa shape index (κ1) is 10.1. The third kappa shape index (κ3) is 1.22. The molecular weight excluding hydrogens is 160 g/mol. The fourth-order valence-electron chi connectivity index (χ4n) is 2.20. The van der Waals surface area contributed by atoms with E-state index in [2.05, 4.69) is 19.1 Å². The lowest BCUT2D eigenvalue weighted by Crippen LogP contribution is -2.43. The molecule has 0 radical (unpaired) electrons. The highest BCUT2D eigenvalue weighted by atomic mass is 14.5. The van der Waals surface area contributed by atoms with Gasteiger partial charge in [0, 0.05) is 0 Å². The average molecular weight is 176 g/mol. The van der Waals surface area contributed by atoms with Gasteiger partial charge in [-0.2, -0.15) is 10.5 Å². The van der Waals surface area contributed by atoms with E-state index in [0.717, 1.165) is 19.3 Å². The molecule has 1 aliphatic carbocycles. The first-order valence-electron chi connectivity index (χ1n) is 4.83. The molecular formula is C11H16N2. The Morgan fingerprint density at radius 1 is 1.23 bits per heavy atom.